The normalized spacial score (nSPS) is 10.4. The molecule has 0 saturated heterocycles. The molecule has 0 unspecified atom stereocenters. The van der Waals surface area contributed by atoms with Gasteiger partial charge in [-0.2, -0.15) is 0 Å². The quantitative estimate of drug-likeness (QED) is 0.789. The molecule has 0 aromatic heterocycles. The fourth-order valence-corrected chi connectivity index (χ4v) is 2.26. The second-order valence-electron chi connectivity index (χ2n) is 4.38. The number of nitrogens with one attached hydrogen (secondary N) is 2. The van der Waals surface area contributed by atoms with Crippen molar-refractivity contribution in [3.8, 4) is 5.75 Å². The third-order valence-electron chi connectivity index (χ3n) is 2.82. The first-order chi connectivity index (χ1) is 10.1. The Labute approximate surface area is 132 Å². The molecular formula is C15H14Cl2N2O2. The van der Waals surface area contributed by atoms with Crippen LogP contribution in [0.2, 0.25) is 10.0 Å². The summed E-state index contributed by atoms with van der Waals surface area (Å²) in [4.78, 5) is 11.8. The van der Waals surface area contributed by atoms with E-state index in [9.17, 15) is 9.90 Å². The summed E-state index contributed by atoms with van der Waals surface area (Å²) in [6.45, 7) is 0.465. The van der Waals surface area contributed by atoms with E-state index in [0.29, 0.717) is 22.3 Å². The average Bonchev–Trinajstić information content (AvgIpc) is 2.45. The number of phenolic OH excluding ortho intramolecular Hbond substituents is 1. The van der Waals surface area contributed by atoms with Gasteiger partial charge in [-0.15, -0.1) is 0 Å². The molecule has 0 radical (unpaired) electrons. The molecule has 0 fully saturated rings. The summed E-state index contributed by atoms with van der Waals surface area (Å²) < 4.78 is 0. The highest BCUT2D eigenvalue weighted by atomic mass is 35.5. The summed E-state index contributed by atoms with van der Waals surface area (Å²) in [6, 6.07) is 11.9. The zero-order chi connectivity index (χ0) is 15.2. The van der Waals surface area contributed by atoms with Gasteiger partial charge >= 0.3 is 0 Å². The van der Waals surface area contributed by atoms with Crippen molar-refractivity contribution in [1.29, 1.82) is 0 Å². The predicted octanol–water partition coefficient (Wildman–Crippen LogP) is 3.43. The smallest absolute Gasteiger partial charge is 0.238 e. The van der Waals surface area contributed by atoms with Gasteiger partial charge in [-0.05, 0) is 18.2 Å². The van der Waals surface area contributed by atoms with Gasteiger partial charge in [0.1, 0.15) is 5.75 Å². The molecule has 6 heteroatoms. The van der Waals surface area contributed by atoms with Crippen LogP contribution >= 0.6 is 23.2 Å². The Kier molecular flexibility index (Phi) is 5.44. The summed E-state index contributed by atoms with van der Waals surface area (Å²) in [7, 11) is 0. The molecule has 3 N–H and O–H groups in total. The number of rotatable bonds is 5. The maximum atomic E-state index is 11.8. The van der Waals surface area contributed by atoms with Crippen LogP contribution in [0.5, 0.6) is 5.75 Å². The van der Waals surface area contributed by atoms with Crippen LogP contribution in [0.25, 0.3) is 0 Å². The maximum absolute atomic E-state index is 11.8. The van der Waals surface area contributed by atoms with Crippen molar-refractivity contribution in [3.05, 3.63) is 58.1 Å². The number of hydrogen-bond acceptors (Lipinski definition) is 3. The van der Waals surface area contributed by atoms with Gasteiger partial charge in [-0.1, -0.05) is 47.5 Å². The fourth-order valence-electron chi connectivity index (χ4n) is 1.77. The third-order valence-corrected chi connectivity index (χ3v) is 3.45. The van der Waals surface area contributed by atoms with E-state index in [1.165, 1.54) is 0 Å². The van der Waals surface area contributed by atoms with Crippen LogP contribution in [0.4, 0.5) is 5.69 Å². The number of aromatic hydroxyl groups is 1. The van der Waals surface area contributed by atoms with Crippen LogP contribution in [0.1, 0.15) is 5.56 Å². The van der Waals surface area contributed by atoms with Crippen LogP contribution in [0.15, 0.2) is 42.5 Å². The summed E-state index contributed by atoms with van der Waals surface area (Å²) in [5, 5.41) is 16.0. The molecule has 0 aliphatic rings. The van der Waals surface area contributed by atoms with Gasteiger partial charge in [0.05, 0.1) is 22.3 Å². The highest BCUT2D eigenvalue weighted by molar-refractivity contribution is 6.39. The lowest BCUT2D eigenvalue weighted by atomic mass is 10.2. The second-order valence-corrected chi connectivity index (χ2v) is 5.19. The van der Waals surface area contributed by atoms with Crippen molar-refractivity contribution >= 4 is 34.8 Å². The van der Waals surface area contributed by atoms with E-state index in [-0.39, 0.29) is 18.2 Å². The highest BCUT2D eigenvalue weighted by Gasteiger charge is 2.09. The fraction of sp³-hybridized carbons (Fsp3) is 0.133. The number of phenols is 1. The van der Waals surface area contributed by atoms with Crippen molar-refractivity contribution in [3.63, 3.8) is 0 Å². The summed E-state index contributed by atoms with van der Waals surface area (Å²) in [5.74, 6) is -0.0695. The Hall–Kier alpha value is -1.75. The molecule has 2 aromatic rings. The van der Waals surface area contributed by atoms with E-state index in [4.69, 9.17) is 23.2 Å². The number of benzene rings is 2. The topological polar surface area (TPSA) is 61.4 Å². The first-order valence-electron chi connectivity index (χ1n) is 6.29. The molecule has 21 heavy (non-hydrogen) atoms. The summed E-state index contributed by atoms with van der Waals surface area (Å²) >= 11 is 11.9. The molecule has 0 saturated carbocycles. The van der Waals surface area contributed by atoms with E-state index in [0.717, 1.165) is 5.56 Å². The molecule has 110 valence electrons. The lowest BCUT2D eigenvalue weighted by Crippen LogP contribution is -2.27. The molecule has 1 amide bonds. The van der Waals surface area contributed by atoms with Gasteiger partial charge in [0.25, 0.3) is 0 Å². The van der Waals surface area contributed by atoms with Crippen LogP contribution < -0.4 is 10.6 Å². The first kappa shape index (κ1) is 15.6. The molecule has 0 aliphatic carbocycles. The Balaban J connectivity index is 1.87. The van der Waals surface area contributed by atoms with Gasteiger partial charge in [0, 0.05) is 12.1 Å². The minimum Gasteiger partial charge on any atom is -0.508 e. The molecule has 0 atom stereocenters. The van der Waals surface area contributed by atoms with E-state index < -0.39 is 0 Å². The van der Waals surface area contributed by atoms with Crippen LogP contribution in [0.3, 0.4) is 0 Å². The van der Waals surface area contributed by atoms with Gasteiger partial charge in [0.15, 0.2) is 0 Å². The lowest BCUT2D eigenvalue weighted by Gasteiger charge is -2.10. The van der Waals surface area contributed by atoms with E-state index in [1.54, 1.807) is 36.4 Å². The molecule has 0 aliphatic heterocycles. The Morgan fingerprint density at radius 3 is 2.38 bits per heavy atom. The second kappa shape index (κ2) is 7.31. The molecular weight excluding hydrogens is 311 g/mol. The van der Waals surface area contributed by atoms with Gasteiger partial charge < -0.3 is 15.7 Å². The number of halogens is 2. The maximum Gasteiger partial charge on any atom is 0.238 e. The number of carbonyl (C=O) groups is 1. The van der Waals surface area contributed by atoms with E-state index in [2.05, 4.69) is 10.6 Å². The van der Waals surface area contributed by atoms with Crippen LogP contribution in [-0.2, 0) is 11.3 Å². The number of hydrogen-bond donors (Lipinski definition) is 3. The molecule has 0 spiro atoms. The number of para-hydroxylation sites is 2. The predicted molar refractivity (Wildman–Crippen MR) is 84.9 cm³/mol. The third kappa shape index (κ3) is 4.36. The van der Waals surface area contributed by atoms with Gasteiger partial charge in [0.2, 0.25) is 5.91 Å². The van der Waals surface area contributed by atoms with Crippen LogP contribution in [0, 0.1) is 0 Å². The summed E-state index contributed by atoms with van der Waals surface area (Å²) in [6.07, 6.45) is 0. The minimum atomic E-state index is -0.263. The van der Waals surface area contributed by atoms with Crippen molar-refractivity contribution in [2.45, 2.75) is 6.54 Å². The Morgan fingerprint density at radius 2 is 1.71 bits per heavy atom. The zero-order valence-corrected chi connectivity index (χ0v) is 12.6. The average molecular weight is 325 g/mol. The van der Waals surface area contributed by atoms with E-state index in [1.807, 2.05) is 6.07 Å². The van der Waals surface area contributed by atoms with Crippen molar-refractivity contribution in [2.24, 2.45) is 0 Å². The first-order valence-corrected chi connectivity index (χ1v) is 7.05. The van der Waals surface area contributed by atoms with Gasteiger partial charge in [-0.25, -0.2) is 0 Å². The van der Waals surface area contributed by atoms with Crippen molar-refractivity contribution in [1.82, 2.24) is 5.32 Å². The minimum absolute atomic E-state index is 0.0793. The highest BCUT2D eigenvalue weighted by Crippen LogP contribution is 2.29. The standard InChI is InChI=1S/C15H14Cl2N2O2/c16-11-5-3-6-12(17)15(11)19-14(21)9-18-8-10-4-1-2-7-13(10)20/h1-7,18,20H,8-9H2,(H,19,21). The summed E-state index contributed by atoms with van der Waals surface area (Å²) in [5.41, 5.74) is 1.12. The Bertz CT molecular complexity index is 627. The molecule has 4 nitrogen and oxygen atoms in total. The molecule has 2 aromatic carbocycles. The monoisotopic (exact) mass is 324 g/mol. The van der Waals surface area contributed by atoms with Crippen molar-refractivity contribution in [2.75, 3.05) is 11.9 Å². The van der Waals surface area contributed by atoms with Crippen molar-refractivity contribution < 1.29 is 9.90 Å². The number of carbonyl (C=O) groups excluding carboxylic acids is 1. The lowest BCUT2D eigenvalue weighted by molar-refractivity contribution is -0.115. The van der Waals surface area contributed by atoms with Crippen LogP contribution in [-0.4, -0.2) is 17.6 Å². The molecule has 0 bridgehead atoms. The molecule has 0 heterocycles. The number of amides is 1. The largest absolute Gasteiger partial charge is 0.508 e. The van der Waals surface area contributed by atoms with E-state index >= 15 is 0 Å². The number of anilines is 1. The molecule has 2 rings (SSSR count). The SMILES string of the molecule is O=C(CNCc1ccccc1O)Nc1c(Cl)cccc1Cl. The van der Waals surface area contributed by atoms with Gasteiger partial charge in [-0.3, -0.25) is 4.79 Å². The zero-order valence-electron chi connectivity index (χ0n) is 11.1. The Morgan fingerprint density at radius 1 is 1.05 bits per heavy atom.